The molecular formula is C12H22N2O5S. The highest BCUT2D eigenvalue weighted by molar-refractivity contribution is 7.86. The second-order valence-corrected chi connectivity index (χ2v) is 6.09. The van der Waals surface area contributed by atoms with Gasteiger partial charge in [0.25, 0.3) is 0 Å². The van der Waals surface area contributed by atoms with Gasteiger partial charge in [0.05, 0.1) is 5.75 Å². The van der Waals surface area contributed by atoms with Crippen molar-refractivity contribution in [2.45, 2.75) is 39.0 Å². The van der Waals surface area contributed by atoms with Crippen LogP contribution in [0.2, 0.25) is 0 Å². The van der Waals surface area contributed by atoms with E-state index in [4.69, 9.17) is 5.11 Å². The monoisotopic (exact) mass is 306 g/mol. The van der Waals surface area contributed by atoms with Gasteiger partial charge in [-0.3, -0.25) is 13.8 Å². The van der Waals surface area contributed by atoms with Crippen molar-refractivity contribution in [1.82, 2.24) is 10.2 Å². The highest BCUT2D eigenvalue weighted by atomic mass is 32.2. The Hall–Kier alpha value is -1.44. The molecule has 0 radical (unpaired) electrons. The number of carboxylic acids is 1. The molecule has 0 bridgehead atoms. The molecule has 0 aromatic carbocycles. The van der Waals surface area contributed by atoms with Crippen LogP contribution in [0, 0.1) is 0 Å². The summed E-state index contributed by atoms with van der Waals surface area (Å²) in [6.45, 7) is 7.32. The van der Waals surface area contributed by atoms with Gasteiger partial charge in [-0.15, -0.1) is 0 Å². The fourth-order valence-electron chi connectivity index (χ4n) is 1.63. The molecule has 0 heterocycles. The maximum Gasteiger partial charge on any atom is 0.327 e. The quantitative estimate of drug-likeness (QED) is 0.634. The largest absolute Gasteiger partial charge is 0.480 e. The van der Waals surface area contributed by atoms with E-state index in [0.717, 1.165) is 0 Å². The Labute approximate surface area is 121 Å². The van der Waals surface area contributed by atoms with Crippen molar-refractivity contribution in [3.8, 4) is 0 Å². The third-order valence-corrected chi connectivity index (χ3v) is 4.48. The van der Waals surface area contributed by atoms with E-state index in [2.05, 4.69) is 5.32 Å². The van der Waals surface area contributed by atoms with Crippen LogP contribution in [0.1, 0.15) is 27.7 Å². The number of carboxylic acid groups (broad SMARTS) is 1. The van der Waals surface area contributed by atoms with Gasteiger partial charge in [0.2, 0.25) is 11.8 Å². The smallest absolute Gasteiger partial charge is 0.327 e. The van der Waals surface area contributed by atoms with Crippen molar-refractivity contribution in [2.75, 3.05) is 18.8 Å². The van der Waals surface area contributed by atoms with Gasteiger partial charge in [0.1, 0.15) is 11.3 Å². The number of hydrogen-bond donors (Lipinski definition) is 2. The number of nitrogens with one attached hydrogen (secondary N) is 1. The molecule has 3 atom stereocenters. The fraction of sp³-hybridized carbons (Fsp3) is 0.750. The number of hydrogen-bond acceptors (Lipinski definition) is 4. The van der Waals surface area contributed by atoms with Gasteiger partial charge in [-0.05, 0) is 20.8 Å². The summed E-state index contributed by atoms with van der Waals surface area (Å²) >= 11 is 0. The van der Waals surface area contributed by atoms with Crippen LogP contribution in [0.3, 0.4) is 0 Å². The summed E-state index contributed by atoms with van der Waals surface area (Å²) in [5, 5.41) is 10.4. The summed E-state index contributed by atoms with van der Waals surface area (Å²) in [6.07, 6.45) is 0. The maximum atomic E-state index is 12.1. The lowest BCUT2D eigenvalue weighted by molar-refractivity contribution is -0.140. The molecule has 0 saturated heterocycles. The lowest BCUT2D eigenvalue weighted by Crippen LogP contribution is -2.47. The summed E-state index contributed by atoms with van der Waals surface area (Å²) < 4.78 is 12.1. The number of aliphatic carboxylic acids is 1. The first-order valence-electron chi connectivity index (χ1n) is 6.40. The van der Waals surface area contributed by atoms with Crippen LogP contribution in [0.5, 0.6) is 0 Å². The fourth-order valence-corrected chi connectivity index (χ4v) is 2.85. The molecule has 0 spiro atoms. The van der Waals surface area contributed by atoms with Gasteiger partial charge >= 0.3 is 5.97 Å². The average Bonchev–Trinajstić information content (AvgIpc) is 2.37. The maximum absolute atomic E-state index is 12.1. The molecule has 2 amide bonds. The van der Waals surface area contributed by atoms with Gasteiger partial charge in [0, 0.05) is 30.8 Å². The van der Waals surface area contributed by atoms with Crippen molar-refractivity contribution in [1.29, 1.82) is 0 Å². The minimum Gasteiger partial charge on any atom is -0.480 e. The lowest BCUT2D eigenvalue weighted by atomic mass is 10.3. The number of amides is 2. The van der Waals surface area contributed by atoms with E-state index in [0.29, 0.717) is 13.1 Å². The second kappa shape index (κ2) is 8.68. The second-order valence-electron chi connectivity index (χ2n) is 4.29. The SMILES string of the molecule is CCN(CC)C(=O)C(C)S(=O)C[C@H](NC(C)=O)C(=O)O. The number of rotatable bonds is 8. The highest BCUT2D eigenvalue weighted by Crippen LogP contribution is 2.05. The molecule has 0 fully saturated rings. The van der Waals surface area contributed by atoms with Crippen LogP contribution in [-0.4, -0.2) is 62.1 Å². The van der Waals surface area contributed by atoms with E-state index < -0.39 is 34.0 Å². The van der Waals surface area contributed by atoms with Crippen molar-refractivity contribution in [2.24, 2.45) is 0 Å². The Morgan fingerprint density at radius 3 is 2.10 bits per heavy atom. The number of nitrogens with zero attached hydrogens (tertiary/aromatic N) is 1. The third kappa shape index (κ3) is 5.68. The van der Waals surface area contributed by atoms with Gasteiger partial charge in [-0.1, -0.05) is 0 Å². The lowest BCUT2D eigenvalue weighted by Gasteiger charge is -2.23. The zero-order chi connectivity index (χ0) is 15.9. The van der Waals surface area contributed by atoms with Crippen LogP contribution in [0.15, 0.2) is 0 Å². The third-order valence-electron chi connectivity index (χ3n) is 2.82. The molecule has 0 rings (SSSR count). The summed E-state index contributed by atoms with van der Waals surface area (Å²) in [7, 11) is -1.67. The molecule has 2 unspecified atom stereocenters. The summed E-state index contributed by atoms with van der Waals surface area (Å²) in [4.78, 5) is 35.4. The van der Waals surface area contributed by atoms with Crippen LogP contribution in [0.25, 0.3) is 0 Å². The molecule has 0 aliphatic heterocycles. The van der Waals surface area contributed by atoms with E-state index in [1.807, 2.05) is 13.8 Å². The zero-order valence-electron chi connectivity index (χ0n) is 12.2. The Bertz CT molecular complexity index is 395. The molecule has 116 valence electrons. The first-order valence-corrected chi connectivity index (χ1v) is 7.78. The normalized spacial score (nSPS) is 15.0. The van der Waals surface area contributed by atoms with E-state index in [-0.39, 0.29) is 11.7 Å². The molecule has 0 aromatic rings. The minimum atomic E-state index is -1.67. The van der Waals surface area contributed by atoms with E-state index in [1.54, 1.807) is 0 Å². The summed E-state index contributed by atoms with van der Waals surface area (Å²) in [5.41, 5.74) is 0. The van der Waals surface area contributed by atoms with Crippen LogP contribution < -0.4 is 5.32 Å². The Balaban J connectivity index is 4.76. The molecule has 7 nitrogen and oxygen atoms in total. The van der Waals surface area contributed by atoms with Crippen LogP contribution in [0.4, 0.5) is 0 Å². The van der Waals surface area contributed by atoms with Gasteiger partial charge in [-0.25, -0.2) is 4.79 Å². The molecule has 0 saturated carbocycles. The van der Waals surface area contributed by atoms with Gasteiger partial charge in [0.15, 0.2) is 0 Å². The standard InChI is InChI=1S/C12H22N2O5S/c1-5-14(6-2)11(16)8(3)20(19)7-10(12(17)18)13-9(4)15/h8,10H,5-7H2,1-4H3,(H,13,15)(H,17,18)/t8?,10-,20?/m0/s1. The Morgan fingerprint density at radius 2 is 1.75 bits per heavy atom. The van der Waals surface area contributed by atoms with Crippen LogP contribution >= 0.6 is 0 Å². The van der Waals surface area contributed by atoms with E-state index >= 15 is 0 Å². The van der Waals surface area contributed by atoms with Crippen molar-refractivity contribution in [3.05, 3.63) is 0 Å². The van der Waals surface area contributed by atoms with Gasteiger partial charge in [-0.2, -0.15) is 0 Å². The van der Waals surface area contributed by atoms with E-state index in [9.17, 15) is 18.6 Å². The predicted molar refractivity (Wildman–Crippen MR) is 75.6 cm³/mol. The molecule has 8 heteroatoms. The first kappa shape index (κ1) is 18.6. The minimum absolute atomic E-state index is 0.278. The van der Waals surface area contributed by atoms with E-state index in [1.165, 1.54) is 18.7 Å². The summed E-state index contributed by atoms with van der Waals surface area (Å²) in [5.74, 6) is -2.35. The van der Waals surface area contributed by atoms with Crippen LogP contribution in [-0.2, 0) is 25.2 Å². The Kier molecular flexibility index (Phi) is 8.05. The predicted octanol–water partition coefficient (Wildman–Crippen LogP) is -0.419. The average molecular weight is 306 g/mol. The first-order chi connectivity index (χ1) is 9.24. The molecule has 0 aromatic heterocycles. The molecular weight excluding hydrogens is 284 g/mol. The summed E-state index contributed by atoms with van der Waals surface area (Å²) in [6, 6.07) is -1.25. The Morgan fingerprint density at radius 1 is 1.25 bits per heavy atom. The number of carbonyl (C=O) groups is 3. The van der Waals surface area contributed by atoms with Crippen molar-refractivity contribution < 1.29 is 23.7 Å². The molecule has 2 N–H and O–H groups in total. The zero-order valence-corrected chi connectivity index (χ0v) is 13.0. The molecule has 0 aliphatic rings. The van der Waals surface area contributed by atoms with Crippen molar-refractivity contribution >= 4 is 28.6 Å². The van der Waals surface area contributed by atoms with Gasteiger partial charge < -0.3 is 15.3 Å². The highest BCUT2D eigenvalue weighted by Gasteiger charge is 2.28. The molecule has 0 aliphatic carbocycles. The molecule has 20 heavy (non-hydrogen) atoms. The number of carbonyl (C=O) groups excluding carboxylic acids is 2. The topological polar surface area (TPSA) is 104 Å². The van der Waals surface area contributed by atoms with Crippen molar-refractivity contribution in [3.63, 3.8) is 0 Å².